The SMILES string of the molecule is CNS(=O)(=O)c1ccc(CCC(=O)NCCOc2ccccc2)cc1. The zero-order chi connectivity index (χ0) is 18.1. The number of aryl methyl sites for hydroxylation is 1. The number of carbonyl (C=O) groups is 1. The third-order valence-electron chi connectivity index (χ3n) is 3.58. The maximum atomic E-state index is 11.8. The standard InChI is InChI=1S/C18H22N2O4S/c1-19-25(22,23)17-10-7-15(8-11-17)9-12-18(21)20-13-14-24-16-5-3-2-4-6-16/h2-8,10-11,19H,9,12-14H2,1H3,(H,20,21). The lowest BCUT2D eigenvalue weighted by Gasteiger charge is -2.08. The van der Waals surface area contributed by atoms with Crippen LogP contribution in [0.3, 0.4) is 0 Å². The quantitative estimate of drug-likeness (QED) is 0.665. The first-order chi connectivity index (χ1) is 12.0. The summed E-state index contributed by atoms with van der Waals surface area (Å²) in [6.07, 6.45) is 0.884. The molecule has 0 saturated carbocycles. The summed E-state index contributed by atoms with van der Waals surface area (Å²) in [5.41, 5.74) is 0.908. The van der Waals surface area contributed by atoms with Gasteiger partial charge in [-0.1, -0.05) is 30.3 Å². The van der Waals surface area contributed by atoms with Gasteiger partial charge in [-0.3, -0.25) is 4.79 Å². The molecule has 0 radical (unpaired) electrons. The fraction of sp³-hybridized carbons (Fsp3) is 0.278. The lowest BCUT2D eigenvalue weighted by molar-refractivity contribution is -0.121. The highest BCUT2D eigenvalue weighted by Crippen LogP contribution is 2.11. The Morgan fingerprint density at radius 1 is 1.04 bits per heavy atom. The van der Waals surface area contributed by atoms with Gasteiger partial charge in [0.15, 0.2) is 0 Å². The van der Waals surface area contributed by atoms with Crippen LogP contribution >= 0.6 is 0 Å². The highest BCUT2D eigenvalue weighted by atomic mass is 32.2. The summed E-state index contributed by atoms with van der Waals surface area (Å²) in [6.45, 7) is 0.847. The summed E-state index contributed by atoms with van der Waals surface area (Å²) in [4.78, 5) is 12.0. The lowest BCUT2D eigenvalue weighted by atomic mass is 10.1. The molecule has 1 amide bonds. The van der Waals surface area contributed by atoms with Gasteiger partial charge < -0.3 is 10.1 Å². The molecule has 0 heterocycles. The van der Waals surface area contributed by atoms with Gasteiger partial charge in [-0.2, -0.15) is 0 Å². The summed E-state index contributed by atoms with van der Waals surface area (Å²) in [7, 11) is -2.06. The Labute approximate surface area is 148 Å². The molecule has 2 N–H and O–H groups in total. The Morgan fingerprint density at radius 3 is 2.36 bits per heavy atom. The van der Waals surface area contributed by atoms with Crippen LogP contribution in [0, 0.1) is 0 Å². The van der Waals surface area contributed by atoms with Crippen LogP contribution in [0.5, 0.6) is 5.75 Å². The van der Waals surface area contributed by atoms with Gasteiger partial charge >= 0.3 is 0 Å². The number of carbonyl (C=O) groups excluding carboxylic acids is 1. The largest absolute Gasteiger partial charge is 0.492 e. The first kappa shape index (κ1) is 19.0. The molecule has 0 aliphatic heterocycles. The van der Waals surface area contributed by atoms with E-state index in [1.165, 1.54) is 19.2 Å². The van der Waals surface area contributed by atoms with Gasteiger partial charge in [-0.15, -0.1) is 0 Å². The van der Waals surface area contributed by atoms with Crippen molar-refractivity contribution < 1.29 is 17.9 Å². The summed E-state index contributed by atoms with van der Waals surface area (Å²) in [5, 5.41) is 2.80. The number of para-hydroxylation sites is 1. The van der Waals surface area contributed by atoms with Crippen molar-refractivity contribution in [2.24, 2.45) is 0 Å². The zero-order valence-electron chi connectivity index (χ0n) is 14.1. The van der Waals surface area contributed by atoms with Crippen molar-refractivity contribution in [2.75, 3.05) is 20.2 Å². The molecule has 0 unspecified atom stereocenters. The van der Waals surface area contributed by atoms with Crippen molar-refractivity contribution in [3.8, 4) is 5.75 Å². The molecule has 2 rings (SSSR count). The third kappa shape index (κ3) is 6.21. The van der Waals surface area contributed by atoms with Gasteiger partial charge in [0.1, 0.15) is 12.4 Å². The van der Waals surface area contributed by atoms with Crippen molar-refractivity contribution in [1.82, 2.24) is 10.0 Å². The molecule has 7 heteroatoms. The first-order valence-corrected chi connectivity index (χ1v) is 9.46. The molecular formula is C18H22N2O4S. The van der Waals surface area contributed by atoms with Crippen molar-refractivity contribution >= 4 is 15.9 Å². The highest BCUT2D eigenvalue weighted by molar-refractivity contribution is 7.89. The lowest BCUT2D eigenvalue weighted by Crippen LogP contribution is -2.28. The molecule has 0 aliphatic rings. The predicted octanol–water partition coefficient (Wildman–Crippen LogP) is 1.72. The van der Waals surface area contributed by atoms with Crippen molar-refractivity contribution in [3.63, 3.8) is 0 Å². The van der Waals surface area contributed by atoms with Crippen molar-refractivity contribution in [1.29, 1.82) is 0 Å². The summed E-state index contributed by atoms with van der Waals surface area (Å²) in [5.74, 6) is 0.706. The monoisotopic (exact) mass is 362 g/mol. The van der Waals surface area contributed by atoms with Gasteiger partial charge in [0.05, 0.1) is 11.4 Å². The van der Waals surface area contributed by atoms with Gasteiger partial charge in [-0.05, 0) is 43.3 Å². The predicted molar refractivity (Wildman–Crippen MR) is 96.0 cm³/mol. The maximum Gasteiger partial charge on any atom is 0.240 e. The molecule has 0 saturated heterocycles. The van der Waals surface area contributed by atoms with Crippen molar-refractivity contribution in [2.45, 2.75) is 17.7 Å². The van der Waals surface area contributed by atoms with E-state index in [0.29, 0.717) is 26.0 Å². The first-order valence-electron chi connectivity index (χ1n) is 7.98. The Balaban J connectivity index is 1.69. The molecule has 2 aromatic rings. The molecule has 0 spiro atoms. The van der Waals surface area contributed by atoms with Crippen LogP contribution in [0.25, 0.3) is 0 Å². The molecule has 0 bridgehead atoms. The van der Waals surface area contributed by atoms with Crippen molar-refractivity contribution in [3.05, 3.63) is 60.2 Å². The maximum absolute atomic E-state index is 11.8. The second-order valence-corrected chi connectivity index (χ2v) is 7.25. The average molecular weight is 362 g/mol. The van der Waals surface area contributed by atoms with E-state index in [1.807, 2.05) is 30.3 Å². The fourth-order valence-corrected chi connectivity index (χ4v) is 2.91. The van der Waals surface area contributed by atoms with E-state index < -0.39 is 10.0 Å². The summed E-state index contributed by atoms with van der Waals surface area (Å²) < 4.78 is 31.0. The van der Waals surface area contributed by atoms with Crippen LogP contribution in [0.2, 0.25) is 0 Å². The van der Waals surface area contributed by atoms with E-state index in [-0.39, 0.29) is 10.8 Å². The van der Waals surface area contributed by atoms with Gasteiger partial charge in [-0.25, -0.2) is 13.1 Å². The van der Waals surface area contributed by atoms with E-state index in [4.69, 9.17) is 4.74 Å². The number of rotatable bonds is 9. The minimum absolute atomic E-state index is 0.0661. The van der Waals surface area contributed by atoms with E-state index in [9.17, 15) is 13.2 Å². The number of sulfonamides is 1. The van der Waals surface area contributed by atoms with E-state index in [1.54, 1.807) is 12.1 Å². The van der Waals surface area contributed by atoms with E-state index in [2.05, 4.69) is 10.0 Å². The zero-order valence-corrected chi connectivity index (χ0v) is 14.9. The topological polar surface area (TPSA) is 84.5 Å². The Kier molecular flexibility index (Phi) is 6.97. The smallest absolute Gasteiger partial charge is 0.240 e. The Hall–Kier alpha value is -2.38. The van der Waals surface area contributed by atoms with Gasteiger partial charge in [0.2, 0.25) is 15.9 Å². The minimum Gasteiger partial charge on any atom is -0.492 e. The Bertz CT molecular complexity index is 774. The van der Waals surface area contributed by atoms with E-state index >= 15 is 0 Å². The second kappa shape index (κ2) is 9.19. The van der Waals surface area contributed by atoms with Crippen LogP contribution in [0.4, 0.5) is 0 Å². The van der Waals surface area contributed by atoms with Crippen LogP contribution in [-0.4, -0.2) is 34.5 Å². The molecule has 0 aliphatic carbocycles. The summed E-state index contributed by atoms with van der Waals surface area (Å²) in [6, 6.07) is 15.9. The average Bonchev–Trinajstić information content (AvgIpc) is 2.65. The van der Waals surface area contributed by atoms with Gasteiger partial charge in [0.25, 0.3) is 0 Å². The molecule has 25 heavy (non-hydrogen) atoms. The second-order valence-electron chi connectivity index (χ2n) is 5.36. The molecule has 2 aromatic carbocycles. The Morgan fingerprint density at radius 2 is 1.72 bits per heavy atom. The normalized spacial score (nSPS) is 11.1. The van der Waals surface area contributed by atoms with Gasteiger partial charge in [0, 0.05) is 6.42 Å². The molecular weight excluding hydrogens is 340 g/mol. The van der Waals surface area contributed by atoms with Crippen LogP contribution in [0.1, 0.15) is 12.0 Å². The molecule has 6 nitrogen and oxygen atoms in total. The summed E-state index contributed by atoms with van der Waals surface area (Å²) >= 11 is 0. The van der Waals surface area contributed by atoms with Crippen LogP contribution in [-0.2, 0) is 21.2 Å². The molecule has 0 atom stereocenters. The number of ether oxygens (including phenoxy) is 1. The van der Waals surface area contributed by atoms with E-state index in [0.717, 1.165) is 11.3 Å². The number of hydrogen-bond acceptors (Lipinski definition) is 4. The number of hydrogen-bond donors (Lipinski definition) is 2. The molecule has 134 valence electrons. The van der Waals surface area contributed by atoms with Crippen LogP contribution < -0.4 is 14.8 Å². The number of amides is 1. The molecule has 0 fully saturated rings. The number of nitrogens with one attached hydrogen (secondary N) is 2. The molecule has 0 aromatic heterocycles. The third-order valence-corrected chi connectivity index (χ3v) is 5.01. The highest BCUT2D eigenvalue weighted by Gasteiger charge is 2.10. The minimum atomic E-state index is -3.43. The number of benzene rings is 2. The van der Waals surface area contributed by atoms with Crippen LogP contribution in [0.15, 0.2) is 59.5 Å². The fourth-order valence-electron chi connectivity index (χ4n) is 2.18.